The Bertz CT molecular complexity index is 377. The zero-order valence-corrected chi connectivity index (χ0v) is 10.5. The third kappa shape index (κ3) is 3.43. The van der Waals surface area contributed by atoms with Crippen molar-refractivity contribution in [3.8, 4) is 0 Å². The molecular formula is C12H14F2O2S. The van der Waals surface area contributed by atoms with Crippen molar-refractivity contribution in [1.82, 2.24) is 0 Å². The highest BCUT2D eigenvalue weighted by Crippen LogP contribution is 2.31. The molecule has 1 rings (SSSR count). The minimum atomic E-state index is -3.58. The van der Waals surface area contributed by atoms with Gasteiger partial charge in [-0.2, -0.15) is 8.78 Å². The number of alkyl halides is 2. The monoisotopic (exact) mass is 260 g/mol. The molecule has 2 nitrogen and oxygen atoms in total. The van der Waals surface area contributed by atoms with Crippen LogP contribution < -0.4 is 0 Å². The SMILES string of the molecule is CCOC(=O)C(F)(F)c1ccc(SCC)cc1. The molecule has 94 valence electrons. The lowest BCUT2D eigenvalue weighted by molar-refractivity contribution is -0.173. The maximum Gasteiger partial charge on any atom is 0.381 e. The molecule has 1 aromatic rings. The summed E-state index contributed by atoms with van der Waals surface area (Å²) in [7, 11) is 0. The number of hydrogen-bond donors (Lipinski definition) is 0. The Hall–Kier alpha value is -1.10. The predicted molar refractivity (Wildman–Crippen MR) is 63.4 cm³/mol. The van der Waals surface area contributed by atoms with Crippen LogP contribution in [0, 0.1) is 0 Å². The summed E-state index contributed by atoms with van der Waals surface area (Å²) in [5.74, 6) is -4.21. The van der Waals surface area contributed by atoms with Gasteiger partial charge in [-0.15, -0.1) is 11.8 Å². The van der Waals surface area contributed by atoms with Gasteiger partial charge in [-0.05, 0) is 24.8 Å². The molecular weight excluding hydrogens is 246 g/mol. The van der Waals surface area contributed by atoms with Gasteiger partial charge in [0, 0.05) is 10.5 Å². The lowest BCUT2D eigenvalue weighted by Crippen LogP contribution is -2.28. The van der Waals surface area contributed by atoms with E-state index in [1.54, 1.807) is 23.9 Å². The molecule has 0 saturated carbocycles. The van der Waals surface area contributed by atoms with E-state index < -0.39 is 11.9 Å². The molecule has 0 saturated heterocycles. The summed E-state index contributed by atoms with van der Waals surface area (Å²) in [5, 5.41) is 0. The summed E-state index contributed by atoms with van der Waals surface area (Å²) in [6.07, 6.45) is 0. The molecule has 0 bridgehead atoms. The molecule has 0 unspecified atom stereocenters. The first-order valence-corrected chi connectivity index (χ1v) is 6.29. The molecule has 0 fully saturated rings. The van der Waals surface area contributed by atoms with Crippen molar-refractivity contribution < 1.29 is 18.3 Å². The highest BCUT2D eigenvalue weighted by molar-refractivity contribution is 7.99. The van der Waals surface area contributed by atoms with Crippen LogP contribution in [-0.2, 0) is 15.5 Å². The van der Waals surface area contributed by atoms with Crippen molar-refractivity contribution >= 4 is 17.7 Å². The Morgan fingerprint density at radius 1 is 1.29 bits per heavy atom. The molecule has 0 aliphatic carbocycles. The molecule has 0 amide bonds. The molecule has 0 N–H and O–H groups in total. The smallest absolute Gasteiger partial charge is 0.381 e. The molecule has 0 radical (unpaired) electrons. The van der Waals surface area contributed by atoms with Crippen molar-refractivity contribution in [2.24, 2.45) is 0 Å². The van der Waals surface area contributed by atoms with E-state index in [-0.39, 0.29) is 12.2 Å². The van der Waals surface area contributed by atoms with Crippen LogP contribution in [-0.4, -0.2) is 18.3 Å². The van der Waals surface area contributed by atoms with E-state index >= 15 is 0 Å². The Balaban J connectivity index is 2.87. The molecule has 0 spiro atoms. The molecule has 17 heavy (non-hydrogen) atoms. The Labute approximate surface area is 103 Å². The largest absolute Gasteiger partial charge is 0.461 e. The van der Waals surface area contributed by atoms with Crippen LogP contribution in [0.25, 0.3) is 0 Å². The van der Waals surface area contributed by atoms with E-state index in [0.717, 1.165) is 10.6 Å². The van der Waals surface area contributed by atoms with Crippen LogP contribution in [0.4, 0.5) is 8.78 Å². The summed E-state index contributed by atoms with van der Waals surface area (Å²) in [5.41, 5.74) is -0.337. The third-order valence-electron chi connectivity index (χ3n) is 2.06. The fraction of sp³-hybridized carbons (Fsp3) is 0.417. The summed E-state index contributed by atoms with van der Waals surface area (Å²) < 4.78 is 31.5. The first-order valence-electron chi connectivity index (χ1n) is 5.30. The van der Waals surface area contributed by atoms with Gasteiger partial charge in [0.2, 0.25) is 0 Å². The second-order valence-electron chi connectivity index (χ2n) is 3.25. The van der Waals surface area contributed by atoms with E-state index in [1.165, 1.54) is 19.1 Å². The molecule has 1 aromatic carbocycles. The second-order valence-corrected chi connectivity index (χ2v) is 4.59. The number of rotatable bonds is 5. The maximum atomic E-state index is 13.6. The Morgan fingerprint density at radius 3 is 2.35 bits per heavy atom. The van der Waals surface area contributed by atoms with Crippen LogP contribution in [0.5, 0.6) is 0 Å². The lowest BCUT2D eigenvalue weighted by atomic mass is 10.1. The van der Waals surface area contributed by atoms with E-state index in [2.05, 4.69) is 4.74 Å². The van der Waals surface area contributed by atoms with Crippen molar-refractivity contribution in [1.29, 1.82) is 0 Å². The minimum Gasteiger partial charge on any atom is -0.461 e. The number of benzene rings is 1. The first kappa shape index (κ1) is 14.0. The standard InChI is InChI=1S/C12H14F2O2S/c1-3-16-11(15)12(13,14)9-5-7-10(8-6-9)17-4-2/h5-8H,3-4H2,1-2H3. The summed E-state index contributed by atoms with van der Waals surface area (Å²) in [4.78, 5) is 12.0. The number of hydrogen-bond acceptors (Lipinski definition) is 3. The maximum absolute atomic E-state index is 13.6. The normalized spacial score (nSPS) is 11.3. The Kier molecular flexibility index (Phi) is 4.93. The summed E-state index contributed by atoms with van der Waals surface area (Å²) in [6.45, 7) is 3.42. The van der Waals surface area contributed by atoms with Crippen LogP contribution in [0.2, 0.25) is 0 Å². The molecule has 0 aliphatic heterocycles. The molecule has 0 aromatic heterocycles. The van der Waals surface area contributed by atoms with E-state index in [1.807, 2.05) is 6.92 Å². The van der Waals surface area contributed by atoms with E-state index in [9.17, 15) is 13.6 Å². The van der Waals surface area contributed by atoms with Crippen molar-refractivity contribution in [3.63, 3.8) is 0 Å². The van der Waals surface area contributed by atoms with E-state index in [4.69, 9.17) is 0 Å². The lowest BCUT2D eigenvalue weighted by Gasteiger charge is -2.15. The predicted octanol–water partition coefficient (Wildman–Crippen LogP) is 3.45. The van der Waals surface area contributed by atoms with Crippen LogP contribution in [0.1, 0.15) is 19.4 Å². The topological polar surface area (TPSA) is 26.3 Å². The Morgan fingerprint density at radius 2 is 1.88 bits per heavy atom. The zero-order valence-electron chi connectivity index (χ0n) is 9.70. The van der Waals surface area contributed by atoms with Crippen LogP contribution in [0.3, 0.4) is 0 Å². The van der Waals surface area contributed by atoms with E-state index in [0.29, 0.717) is 0 Å². The number of esters is 1. The van der Waals surface area contributed by atoms with Crippen molar-refractivity contribution in [2.75, 3.05) is 12.4 Å². The summed E-state index contributed by atoms with van der Waals surface area (Å²) >= 11 is 1.55. The number of halogens is 2. The quantitative estimate of drug-likeness (QED) is 0.599. The van der Waals surface area contributed by atoms with Gasteiger partial charge >= 0.3 is 11.9 Å². The zero-order chi connectivity index (χ0) is 12.9. The van der Waals surface area contributed by atoms with Gasteiger partial charge in [0.05, 0.1) is 6.61 Å². The second kappa shape index (κ2) is 6.00. The van der Waals surface area contributed by atoms with Crippen LogP contribution in [0.15, 0.2) is 29.2 Å². The summed E-state index contributed by atoms with van der Waals surface area (Å²) in [6, 6.07) is 5.68. The number of carbonyl (C=O) groups is 1. The average Bonchev–Trinajstić information content (AvgIpc) is 2.30. The van der Waals surface area contributed by atoms with Crippen molar-refractivity contribution in [3.05, 3.63) is 29.8 Å². The third-order valence-corrected chi connectivity index (χ3v) is 2.95. The van der Waals surface area contributed by atoms with Gasteiger partial charge in [-0.3, -0.25) is 0 Å². The van der Waals surface area contributed by atoms with Gasteiger partial charge in [-0.25, -0.2) is 4.79 Å². The number of carbonyl (C=O) groups excluding carboxylic acids is 1. The van der Waals surface area contributed by atoms with Gasteiger partial charge in [0.1, 0.15) is 0 Å². The molecule has 0 heterocycles. The van der Waals surface area contributed by atoms with Crippen LogP contribution >= 0.6 is 11.8 Å². The van der Waals surface area contributed by atoms with Gasteiger partial charge in [0.15, 0.2) is 0 Å². The van der Waals surface area contributed by atoms with Gasteiger partial charge in [0.25, 0.3) is 0 Å². The average molecular weight is 260 g/mol. The number of thioether (sulfide) groups is 1. The molecule has 0 atom stereocenters. The molecule has 5 heteroatoms. The number of ether oxygens (including phenoxy) is 1. The molecule has 0 aliphatic rings. The first-order chi connectivity index (χ1) is 8.02. The highest BCUT2D eigenvalue weighted by Gasteiger charge is 2.42. The van der Waals surface area contributed by atoms with Gasteiger partial charge in [-0.1, -0.05) is 19.1 Å². The fourth-order valence-electron chi connectivity index (χ4n) is 1.27. The highest BCUT2D eigenvalue weighted by atomic mass is 32.2. The van der Waals surface area contributed by atoms with Crippen molar-refractivity contribution in [2.45, 2.75) is 24.7 Å². The fourth-order valence-corrected chi connectivity index (χ4v) is 1.93. The van der Waals surface area contributed by atoms with Gasteiger partial charge < -0.3 is 4.74 Å². The minimum absolute atomic E-state index is 0.0573.